The van der Waals surface area contributed by atoms with Gasteiger partial charge in [0.25, 0.3) is 0 Å². The molecule has 1 aromatic heterocycles. The van der Waals surface area contributed by atoms with Crippen molar-refractivity contribution in [1.29, 1.82) is 0 Å². The number of nitrogens with zero attached hydrogens (tertiary/aromatic N) is 1. The van der Waals surface area contributed by atoms with Crippen LogP contribution in [0.25, 0.3) is 10.9 Å². The van der Waals surface area contributed by atoms with Crippen LogP contribution >= 0.6 is 0 Å². The van der Waals surface area contributed by atoms with Gasteiger partial charge in [0.15, 0.2) is 0 Å². The second-order valence-electron chi connectivity index (χ2n) is 5.50. The topological polar surface area (TPSA) is 17.0 Å². The molecule has 1 heterocycles. The van der Waals surface area contributed by atoms with E-state index in [0.29, 0.717) is 12.1 Å². The van der Waals surface area contributed by atoms with E-state index >= 15 is 0 Å². The zero-order valence-electron chi connectivity index (χ0n) is 12.1. The molecule has 1 N–H and O–H groups in total. The highest BCUT2D eigenvalue weighted by molar-refractivity contribution is 5.84. The van der Waals surface area contributed by atoms with Crippen LogP contribution in [0.3, 0.4) is 0 Å². The largest absolute Gasteiger partial charge is 0.342 e. The normalized spacial score (nSPS) is 13.4. The van der Waals surface area contributed by atoms with Gasteiger partial charge in [0.05, 0.1) is 0 Å². The van der Waals surface area contributed by atoms with Crippen molar-refractivity contribution >= 4 is 10.9 Å². The van der Waals surface area contributed by atoms with Crippen molar-refractivity contribution in [3.63, 3.8) is 0 Å². The van der Waals surface area contributed by atoms with E-state index in [2.05, 4.69) is 61.8 Å². The van der Waals surface area contributed by atoms with Crippen LogP contribution in [-0.2, 0) is 6.42 Å². The SMILES string of the molecule is CNC(C)Cc1cc2c(C)cccc2n1C(C)C. The van der Waals surface area contributed by atoms with Crippen LogP contribution < -0.4 is 5.32 Å². The van der Waals surface area contributed by atoms with E-state index in [-0.39, 0.29) is 0 Å². The number of hydrogen-bond donors (Lipinski definition) is 1. The summed E-state index contributed by atoms with van der Waals surface area (Å²) in [6, 6.07) is 9.95. The summed E-state index contributed by atoms with van der Waals surface area (Å²) in [5.74, 6) is 0. The van der Waals surface area contributed by atoms with Gasteiger partial charge in [-0.3, -0.25) is 0 Å². The van der Waals surface area contributed by atoms with Crippen molar-refractivity contribution in [2.45, 2.75) is 46.2 Å². The Balaban J connectivity index is 2.58. The molecule has 0 amide bonds. The highest BCUT2D eigenvalue weighted by atomic mass is 15.0. The number of aryl methyl sites for hydroxylation is 1. The molecule has 0 saturated carbocycles. The molecule has 1 atom stereocenters. The first-order valence-corrected chi connectivity index (χ1v) is 6.81. The minimum atomic E-state index is 0.503. The van der Waals surface area contributed by atoms with Crippen LogP contribution in [0, 0.1) is 6.92 Å². The van der Waals surface area contributed by atoms with Crippen molar-refractivity contribution in [3.05, 3.63) is 35.5 Å². The molecule has 0 spiro atoms. The minimum absolute atomic E-state index is 0.503. The van der Waals surface area contributed by atoms with Gasteiger partial charge >= 0.3 is 0 Å². The third-order valence-electron chi connectivity index (χ3n) is 3.71. The van der Waals surface area contributed by atoms with E-state index in [4.69, 9.17) is 0 Å². The first-order chi connectivity index (χ1) is 8.54. The van der Waals surface area contributed by atoms with Crippen LogP contribution in [0.1, 0.15) is 38.1 Å². The van der Waals surface area contributed by atoms with Gasteiger partial charge in [-0.25, -0.2) is 0 Å². The fourth-order valence-electron chi connectivity index (χ4n) is 2.64. The van der Waals surface area contributed by atoms with Gasteiger partial charge < -0.3 is 9.88 Å². The van der Waals surface area contributed by atoms with Gasteiger partial charge in [-0.05, 0) is 52.4 Å². The van der Waals surface area contributed by atoms with Crippen molar-refractivity contribution in [3.8, 4) is 0 Å². The lowest BCUT2D eigenvalue weighted by atomic mass is 10.1. The van der Waals surface area contributed by atoms with E-state index in [1.54, 1.807) is 0 Å². The van der Waals surface area contributed by atoms with Crippen LogP contribution in [-0.4, -0.2) is 17.7 Å². The van der Waals surface area contributed by atoms with Crippen molar-refractivity contribution < 1.29 is 0 Å². The number of hydrogen-bond acceptors (Lipinski definition) is 1. The predicted octanol–water partition coefficient (Wildman–Crippen LogP) is 3.68. The summed E-state index contributed by atoms with van der Waals surface area (Å²) in [4.78, 5) is 0. The number of rotatable bonds is 4. The average Bonchev–Trinajstić information content (AvgIpc) is 2.68. The fourth-order valence-corrected chi connectivity index (χ4v) is 2.64. The molecule has 1 unspecified atom stereocenters. The molecule has 2 aromatic rings. The lowest BCUT2D eigenvalue weighted by Crippen LogP contribution is -2.25. The van der Waals surface area contributed by atoms with Crippen LogP contribution in [0.5, 0.6) is 0 Å². The minimum Gasteiger partial charge on any atom is -0.342 e. The number of fused-ring (bicyclic) bond motifs is 1. The maximum absolute atomic E-state index is 3.33. The molecule has 0 bridgehead atoms. The summed E-state index contributed by atoms with van der Waals surface area (Å²) in [6.07, 6.45) is 1.07. The zero-order valence-corrected chi connectivity index (χ0v) is 12.1. The second-order valence-corrected chi connectivity index (χ2v) is 5.50. The quantitative estimate of drug-likeness (QED) is 0.868. The lowest BCUT2D eigenvalue weighted by molar-refractivity contribution is 0.545. The molecule has 2 nitrogen and oxygen atoms in total. The Morgan fingerprint density at radius 2 is 1.94 bits per heavy atom. The zero-order chi connectivity index (χ0) is 13.3. The molecule has 0 aliphatic rings. The number of nitrogens with one attached hydrogen (secondary N) is 1. The molecule has 98 valence electrons. The third kappa shape index (κ3) is 2.30. The standard InChI is InChI=1S/C16H24N2/c1-11(2)18-14(9-13(4)17-5)10-15-12(3)7-6-8-16(15)18/h6-8,10-11,13,17H,9H2,1-5H3. The highest BCUT2D eigenvalue weighted by Gasteiger charge is 2.14. The Morgan fingerprint density at radius 1 is 1.22 bits per heavy atom. The fraction of sp³-hybridized carbons (Fsp3) is 0.500. The number of likely N-dealkylation sites (N-methyl/N-ethyl adjacent to an activating group) is 1. The second kappa shape index (κ2) is 5.15. The Bertz CT molecular complexity index is 537. The molecule has 18 heavy (non-hydrogen) atoms. The summed E-state index contributed by atoms with van der Waals surface area (Å²) in [5, 5.41) is 4.72. The monoisotopic (exact) mass is 244 g/mol. The third-order valence-corrected chi connectivity index (χ3v) is 3.71. The summed E-state index contributed by atoms with van der Waals surface area (Å²) >= 11 is 0. The van der Waals surface area contributed by atoms with E-state index in [1.807, 2.05) is 7.05 Å². The van der Waals surface area contributed by atoms with E-state index in [1.165, 1.54) is 22.2 Å². The summed E-state index contributed by atoms with van der Waals surface area (Å²) in [7, 11) is 2.03. The van der Waals surface area contributed by atoms with Gasteiger partial charge in [0.2, 0.25) is 0 Å². The van der Waals surface area contributed by atoms with Gasteiger partial charge in [-0.2, -0.15) is 0 Å². The molecule has 0 fully saturated rings. The molecule has 0 saturated heterocycles. The lowest BCUT2D eigenvalue weighted by Gasteiger charge is -2.17. The molecule has 0 radical (unpaired) electrons. The Hall–Kier alpha value is -1.28. The van der Waals surface area contributed by atoms with Crippen LogP contribution in [0.2, 0.25) is 0 Å². The first kappa shape index (κ1) is 13.2. The molecular formula is C16H24N2. The van der Waals surface area contributed by atoms with Gasteiger partial charge in [-0.1, -0.05) is 12.1 Å². The maximum atomic E-state index is 3.33. The number of benzene rings is 1. The smallest absolute Gasteiger partial charge is 0.0487 e. The molecule has 2 heteroatoms. The summed E-state index contributed by atoms with van der Waals surface area (Å²) in [5.41, 5.74) is 4.16. The highest BCUT2D eigenvalue weighted by Crippen LogP contribution is 2.27. The Labute approximate surface area is 110 Å². The van der Waals surface area contributed by atoms with Crippen molar-refractivity contribution in [2.24, 2.45) is 0 Å². The predicted molar refractivity (Wildman–Crippen MR) is 79.3 cm³/mol. The Morgan fingerprint density at radius 3 is 2.56 bits per heavy atom. The van der Waals surface area contributed by atoms with Crippen molar-refractivity contribution in [2.75, 3.05) is 7.05 Å². The maximum Gasteiger partial charge on any atom is 0.0487 e. The number of aromatic nitrogens is 1. The molecular weight excluding hydrogens is 220 g/mol. The molecule has 2 rings (SSSR count). The van der Waals surface area contributed by atoms with Crippen LogP contribution in [0.4, 0.5) is 0 Å². The van der Waals surface area contributed by atoms with Crippen LogP contribution in [0.15, 0.2) is 24.3 Å². The molecule has 1 aromatic carbocycles. The van der Waals surface area contributed by atoms with Gasteiger partial charge in [0.1, 0.15) is 0 Å². The van der Waals surface area contributed by atoms with E-state index in [0.717, 1.165) is 6.42 Å². The summed E-state index contributed by atoms with van der Waals surface area (Å²) in [6.45, 7) is 8.94. The first-order valence-electron chi connectivity index (χ1n) is 6.81. The van der Waals surface area contributed by atoms with E-state index in [9.17, 15) is 0 Å². The van der Waals surface area contributed by atoms with E-state index < -0.39 is 0 Å². The van der Waals surface area contributed by atoms with Crippen molar-refractivity contribution in [1.82, 2.24) is 9.88 Å². The summed E-state index contributed by atoms with van der Waals surface area (Å²) < 4.78 is 2.47. The molecule has 0 aliphatic heterocycles. The van der Waals surface area contributed by atoms with Gasteiger partial charge in [0, 0.05) is 35.1 Å². The van der Waals surface area contributed by atoms with Gasteiger partial charge in [-0.15, -0.1) is 0 Å². The molecule has 0 aliphatic carbocycles. The average molecular weight is 244 g/mol. The Kier molecular flexibility index (Phi) is 3.76.